The van der Waals surface area contributed by atoms with Crippen molar-refractivity contribution in [1.29, 1.82) is 0 Å². The van der Waals surface area contributed by atoms with Crippen LogP contribution in [0.4, 0.5) is 10.5 Å². The maximum Gasteiger partial charge on any atom is 0.411 e. The number of nitrogens with one attached hydrogen (secondary N) is 1. The van der Waals surface area contributed by atoms with Gasteiger partial charge in [-0.1, -0.05) is 32.4 Å². The number of benzene rings is 1. The van der Waals surface area contributed by atoms with E-state index in [0.717, 1.165) is 0 Å². The summed E-state index contributed by atoms with van der Waals surface area (Å²) in [6.07, 6.45) is 4.49. The van der Waals surface area contributed by atoms with Gasteiger partial charge in [0.25, 0.3) is 0 Å². The molecular weight excluding hydrogens is 302 g/mol. The van der Waals surface area contributed by atoms with Crippen molar-refractivity contribution in [2.75, 3.05) is 5.32 Å². The minimum atomic E-state index is -0.484. The van der Waals surface area contributed by atoms with Crippen molar-refractivity contribution in [2.45, 2.75) is 33.4 Å². The van der Waals surface area contributed by atoms with E-state index in [-0.39, 0.29) is 11.5 Å². The van der Waals surface area contributed by atoms with Gasteiger partial charge in [-0.05, 0) is 24.3 Å². The Balaban J connectivity index is 2.00. The van der Waals surface area contributed by atoms with E-state index in [1.165, 1.54) is 0 Å². The van der Waals surface area contributed by atoms with Gasteiger partial charge in [0, 0.05) is 28.5 Å². The Bertz CT molecular complexity index is 603. The van der Waals surface area contributed by atoms with Crippen LogP contribution in [0.2, 0.25) is 5.02 Å². The Morgan fingerprint density at radius 2 is 2.05 bits per heavy atom. The zero-order valence-electron chi connectivity index (χ0n) is 12.9. The van der Waals surface area contributed by atoms with Crippen LogP contribution in [-0.4, -0.2) is 21.7 Å². The second kappa shape index (κ2) is 6.83. The van der Waals surface area contributed by atoms with E-state index >= 15 is 0 Å². The lowest BCUT2D eigenvalue weighted by Crippen LogP contribution is -2.36. The minimum absolute atomic E-state index is 0.193. The quantitative estimate of drug-likeness (QED) is 0.918. The first-order chi connectivity index (χ1) is 10.3. The Morgan fingerprint density at radius 3 is 2.59 bits per heavy atom. The van der Waals surface area contributed by atoms with Crippen molar-refractivity contribution in [2.24, 2.45) is 5.41 Å². The van der Waals surface area contributed by atoms with Gasteiger partial charge in [-0.15, -0.1) is 0 Å². The van der Waals surface area contributed by atoms with E-state index in [1.54, 1.807) is 36.8 Å². The average molecular weight is 322 g/mol. The van der Waals surface area contributed by atoms with Crippen molar-refractivity contribution in [1.82, 2.24) is 9.55 Å². The van der Waals surface area contributed by atoms with Gasteiger partial charge in [-0.25, -0.2) is 9.78 Å². The third kappa shape index (κ3) is 4.77. The number of carbonyl (C=O) groups excluding carboxylic acids is 1. The summed E-state index contributed by atoms with van der Waals surface area (Å²) >= 11 is 5.82. The molecule has 2 aromatic rings. The normalized spacial score (nSPS) is 12.7. The maximum atomic E-state index is 12.1. The van der Waals surface area contributed by atoms with Gasteiger partial charge >= 0.3 is 6.09 Å². The Hall–Kier alpha value is -2.01. The van der Waals surface area contributed by atoms with Gasteiger partial charge in [0.2, 0.25) is 0 Å². The van der Waals surface area contributed by atoms with Crippen LogP contribution in [0.15, 0.2) is 43.0 Å². The summed E-state index contributed by atoms with van der Waals surface area (Å²) in [5, 5.41) is 3.32. The van der Waals surface area contributed by atoms with Gasteiger partial charge in [-0.3, -0.25) is 5.32 Å². The van der Waals surface area contributed by atoms with Crippen LogP contribution < -0.4 is 5.32 Å². The third-order valence-corrected chi connectivity index (χ3v) is 3.49. The lowest BCUT2D eigenvalue weighted by Gasteiger charge is -2.30. The van der Waals surface area contributed by atoms with Gasteiger partial charge in [0.15, 0.2) is 0 Å². The largest absolute Gasteiger partial charge is 0.444 e. The zero-order chi connectivity index (χ0) is 16.2. The van der Waals surface area contributed by atoms with Crippen LogP contribution in [0, 0.1) is 5.41 Å². The van der Waals surface area contributed by atoms with Crippen LogP contribution in [0.25, 0.3) is 0 Å². The lowest BCUT2D eigenvalue weighted by molar-refractivity contribution is 0.0282. The Labute approximate surface area is 135 Å². The maximum absolute atomic E-state index is 12.1. The molecule has 1 unspecified atom stereocenters. The molecule has 0 aliphatic carbocycles. The number of carbonyl (C=O) groups is 1. The first kappa shape index (κ1) is 16.4. The van der Waals surface area contributed by atoms with E-state index in [1.807, 2.05) is 31.5 Å². The highest BCUT2D eigenvalue weighted by molar-refractivity contribution is 6.30. The smallest absolute Gasteiger partial charge is 0.411 e. The number of aromatic nitrogens is 2. The predicted molar refractivity (Wildman–Crippen MR) is 87.0 cm³/mol. The zero-order valence-corrected chi connectivity index (χ0v) is 13.7. The van der Waals surface area contributed by atoms with E-state index in [0.29, 0.717) is 17.3 Å². The molecule has 1 aromatic heterocycles. The minimum Gasteiger partial charge on any atom is -0.444 e. The van der Waals surface area contributed by atoms with Gasteiger partial charge in [-0.2, -0.15) is 0 Å². The van der Waals surface area contributed by atoms with E-state index < -0.39 is 6.09 Å². The van der Waals surface area contributed by atoms with Crippen LogP contribution in [0.5, 0.6) is 0 Å². The number of hydrogen-bond acceptors (Lipinski definition) is 3. The summed E-state index contributed by atoms with van der Waals surface area (Å²) < 4.78 is 7.49. The summed E-state index contributed by atoms with van der Waals surface area (Å²) in [6.45, 7) is 6.65. The van der Waals surface area contributed by atoms with Gasteiger partial charge in [0.1, 0.15) is 6.10 Å². The van der Waals surface area contributed by atoms with Crippen LogP contribution in [0.3, 0.4) is 0 Å². The van der Waals surface area contributed by atoms with Crippen molar-refractivity contribution < 1.29 is 9.53 Å². The van der Waals surface area contributed by atoms with Crippen LogP contribution in [0.1, 0.15) is 20.8 Å². The number of nitrogens with zero attached hydrogens (tertiary/aromatic N) is 2. The molecule has 1 N–H and O–H groups in total. The van der Waals surface area contributed by atoms with Crippen molar-refractivity contribution in [3.63, 3.8) is 0 Å². The number of rotatable bonds is 4. The lowest BCUT2D eigenvalue weighted by atomic mass is 9.89. The molecule has 0 saturated heterocycles. The number of anilines is 1. The summed E-state index contributed by atoms with van der Waals surface area (Å²) in [5.41, 5.74) is 0.450. The van der Waals surface area contributed by atoms with E-state index in [9.17, 15) is 4.79 Å². The molecule has 0 saturated carbocycles. The second-order valence-electron chi connectivity index (χ2n) is 6.15. The van der Waals surface area contributed by atoms with E-state index in [4.69, 9.17) is 16.3 Å². The highest BCUT2D eigenvalue weighted by atomic mass is 35.5. The Kier molecular flexibility index (Phi) is 5.08. The van der Waals surface area contributed by atoms with E-state index in [2.05, 4.69) is 10.3 Å². The molecule has 0 aliphatic heterocycles. The van der Waals surface area contributed by atoms with Gasteiger partial charge < -0.3 is 9.30 Å². The van der Waals surface area contributed by atoms with Crippen molar-refractivity contribution in [3.8, 4) is 0 Å². The highest BCUT2D eigenvalue weighted by Gasteiger charge is 2.28. The van der Waals surface area contributed by atoms with Crippen molar-refractivity contribution >= 4 is 23.4 Å². The van der Waals surface area contributed by atoms with Gasteiger partial charge in [0.05, 0.1) is 12.9 Å². The van der Waals surface area contributed by atoms with Crippen LogP contribution in [-0.2, 0) is 11.3 Å². The number of imidazole rings is 1. The molecule has 0 bridgehead atoms. The average Bonchev–Trinajstić information content (AvgIpc) is 2.92. The summed E-state index contributed by atoms with van der Waals surface area (Å²) in [6, 6.07) is 6.88. The summed E-state index contributed by atoms with van der Waals surface area (Å²) in [7, 11) is 0. The number of halogens is 1. The first-order valence-electron chi connectivity index (χ1n) is 7.03. The molecule has 0 aliphatic rings. The second-order valence-corrected chi connectivity index (χ2v) is 6.59. The molecule has 0 spiro atoms. The van der Waals surface area contributed by atoms with Crippen LogP contribution >= 0.6 is 11.6 Å². The SMILES string of the molecule is CC(C)(C)C(Cn1ccnc1)OC(=O)Nc1ccc(Cl)cc1. The number of amides is 1. The third-order valence-electron chi connectivity index (χ3n) is 3.24. The fourth-order valence-corrected chi connectivity index (χ4v) is 2.01. The van der Waals surface area contributed by atoms with Crippen molar-refractivity contribution in [3.05, 3.63) is 48.0 Å². The number of ether oxygens (including phenoxy) is 1. The monoisotopic (exact) mass is 321 g/mol. The number of hydrogen-bond donors (Lipinski definition) is 1. The standard InChI is InChI=1S/C16H20ClN3O2/c1-16(2,3)14(10-20-9-8-18-11-20)22-15(21)19-13-6-4-12(17)5-7-13/h4-9,11,14H,10H2,1-3H3,(H,19,21). The highest BCUT2D eigenvalue weighted by Crippen LogP contribution is 2.24. The molecule has 0 fully saturated rings. The predicted octanol–water partition coefficient (Wildman–Crippen LogP) is 4.20. The summed E-state index contributed by atoms with van der Waals surface area (Å²) in [4.78, 5) is 16.1. The molecule has 1 atom stereocenters. The molecular formula is C16H20ClN3O2. The molecule has 1 heterocycles. The first-order valence-corrected chi connectivity index (χ1v) is 7.41. The molecule has 118 valence electrons. The topological polar surface area (TPSA) is 56.2 Å². The Morgan fingerprint density at radius 1 is 1.36 bits per heavy atom. The fraction of sp³-hybridized carbons (Fsp3) is 0.375. The molecule has 0 radical (unpaired) electrons. The summed E-state index contributed by atoms with van der Waals surface area (Å²) in [5.74, 6) is 0. The molecule has 22 heavy (non-hydrogen) atoms. The molecule has 1 amide bonds. The molecule has 6 heteroatoms. The molecule has 2 rings (SSSR count). The fourth-order valence-electron chi connectivity index (χ4n) is 1.88. The molecule has 5 nitrogen and oxygen atoms in total. The molecule has 1 aromatic carbocycles.